The van der Waals surface area contributed by atoms with Gasteiger partial charge in [-0.2, -0.15) is 0 Å². The first-order valence-corrected chi connectivity index (χ1v) is 13.4. The summed E-state index contributed by atoms with van der Waals surface area (Å²) in [5.41, 5.74) is 2.85. The average Bonchev–Trinajstić information content (AvgIpc) is 2.92. The molecular formula is C32H30O7. The van der Waals surface area contributed by atoms with E-state index in [9.17, 15) is 14.7 Å². The molecule has 7 heteroatoms. The molecule has 3 aromatic rings. The molecule has 2 bridgehead atoms. The van der Waals surface area contributed by atoms with Crippen LogP contribution in [0.1, 0.15) is 77.6 Å². The maximum absolute atomic E-state index is 13.3. The van der Waals surface area contributed by atoms with Crippen molar-refractivity contribution in [3.05, 3.63) is 95.1 Å². The second kappa shape index (κ2) is 10.2. The van der Waals surface area contributed by atoms with Crippen molar-refractivity contribution in [2.75, 3.05) is 0 Å². The molecule has 39 heavy (non-hydrogen) atoms. The van der Waals surface area contributed by atoms with Gasteiger partial charge < -0.3 is 24.4 Å². The van der Waals surface area contributed by atoms with Gasteiger partial charge in [-0.3, -0.25) is 9.59 Å². The van der Waals surface area contributed by atoms with E-state index in [1.165, 1.54) is 6.07 Å². The average molecular weight is 527 g/mol. The van der Waals surface area contributed by atoms with E-state index < -0.39 is 17.9 Å². The molecule has 3 heterocycles. The second-order valence-corrected chi connectivity index (χ2v) is 10.5. The molecular weight excluding hydrogens is 496 g/mol. The van der Waals surface area contributed by atoms with Gasteiger partial charge in [-0.05, 0) is 36.5 Å². The van der Waals surface area contributed by atoms with Crippen molar-refractivity contribution in [1.29, 1.82) is 0 Å². The minimum atomic E-state index is -1.10. The summed E-state index contributed by atoms with van der Waals surface area (Å²) in [4.78, 5) is 24.4. The Morgan fingerprint density at radius 3 is 2.56 bits per heavy atom. The molecule has 0 radical (unpaired) electrons. The highest BCUT2D eigenvalue weighted by atomic mass is 16.7. The lowest BCUT2D eigenvalue weighted by Crippen LogP contribution is -2.49. The van der Waals surface area contributed by atoms with Crippen molar-refractivity contribution < 1.29 is 34.0 Å². The summed E-state index contributed by atoms with van der Waals surface area (Å²) in [7, 11) is 0. The first-order chi connectivity index (χ1) is 18.9. The Morgan fingerprint density at radius 1 is 1.08 bits per heavy atom. The predicted octanol–water partition coefficient (Wildman–Crippen LogP) is 6.42. The van der Waals surface area contributed by atoms with E-state index in [0.29, 0.717) is 37.2 Å². The lowest BCUT2D eigenvalue weighted by Gasteiger charge is -2.48. The van der Waals surface area contributed by atoms with E-state index in [0.717, 1.165) is 16.7 Å². The van der Waals surface area contributed by atoms with E-state index in [2.05, 4.69) is 0 Å². The van der Waals surface area contributed by atoms with Crippen molar-refractivity contribution in [3.8, 4) is 17.2 Å². The Bertz CT molecular complexity index is 1420. The molecule has 0 unspecified atom stereocenters. The number of hydrogen-bond acceptors (Lipinski definition) is 6. The quantitative estimate of drug-likeness (QED) is 0.366. The summed E-state index contributed by atoms with van der Waals surface area (Å²) < 4.78 is 19.5. The number of ether oxygens (including phenoxy) is 3. The summed E-state index contributed by atoms with van der Waals surface area (Å²) >= 11 is 0. The first-order valence-electron chi connectivity index (χ1n) is 13.4. The molecule has 3 aliphatic rings. The van der Waals surface area contributed by atoms with Crippen molar-refractivity contribution in [2.24, 2.45) is 0 Å². The van der Waals surface area contributed by atoms with Crippen LogP contribution in [0.25, 0.3) is 6.08 Å². The van der Waals surface area contributed by atoms with Gasteiger partial charge in [0.1, 0.15) is 28.9 Å². The SMILES string of the molecule is O=C(O)CCC[C@@H]1C[C@@H]2C[C@@](/C=C/c3ccccc3)(Oc3cc(O)c4c(c32)O[C@H](c2ccccc2)CC4=O)O1. The highest BCUT2D eigenvalue weighted by molar-refractivity contribution is 6.03. The summed E-state index contributed by atoms with van der Waals surface area (Å²) in [5, 5.41) is 20.1. The number of benzene rings is 3. The van der Waals surface area contributed by atoms with Crippen molar-refractivity contribution in [3.63, 3.8) is 0 Å². The van der Waals surface area contributed by atoms with E-state index in [4.69, 9.17) is 19.3 Å². The summed E-state index contributed by atoms with van der Waals surface area (Å²) in [6.07, 6.45) is 5.52. The Balaban J connectivity index is 1.40. The largest absolute Gasteiger partial charge is 0.507 e. The van der Waals surface area contributed by atoms with Crippen LogP contribution in [-0.2, 0) is 9.53 Å². The molecule has 1 fully saturated rings. The van der Waals surface area contributed by atoms with Gasteiger partial charge in [-0.25, -0.2) is 0 Å². The molecule has 4 atom stereocenters. The topological polar surface area (TPSA) is 102 Å². The Kier molecular flexibility index (Phi) is 6.61. The van der Waals surface area contributed by atoms with Gasteiger partial charge in [0, 0.05) is 30.4 Å². The third-order valence-electron chi connectivity index (χ3n) is 7.72. The molecule has 7 nitrogen and oxygen atoms in total. The van der Waals surface area contributed by atoms with Gasteiger partial charge in [0.25, 0.3) is 0 Å². The lowest BCUT2D eigenvalue weighted by atomic mass is 9.78. The Labute approximate surface area is 226 Å². The third kappa shape index (κ3) is 5.02. The molecule has 200 valence electrons. The fraction of sp³-hybridized carbons (Fsp3) is 0.312. The van der Waals surface area contributed by atoms with Gasteiger partial charge in [0.15, 0.2) is 5.78 Å². The molecule has 0 saturated carbocycles. The zero-order valence-electron chi connectivity index (χ0n) is 21.4. The summed E-state index contributed by atoms with van der Waals surface area (Å²) in [5.74, 6) is -1.53. The number of phenolic OH excluding ortho intramolecular Hbond substituents is 1. The van der Waals surface area contributed by atoms with Gasteiger partial charge in [0.05, 0.1) is 12.5 Å². The van der Waals surface area contributed by atoms with E-state index in [1.54, 1.807) is 0 Å². The minimum Gasteiger partial charge on any atom is -0.507 e. The maximum atomic E-state index is 13.3. The summed E-state index contributed by atoms with van der Waals surface area (Å²) in [6.45, 7) is 0. The number of aromatic hydroxyl groups is 1. The van der Waals surface area contributed by atoms with Crippen molar-refractivity contribution in [2.45, 2.75) is 62.4 Å². The first kappa shape index (κ1) is 25.2. The van der Waals surface area contributed by atoms with E-state index in [-0.39, 0.29) is 42.0 Å². The highest BCUT2D eigenvalue weighted by Gasteiger charge is 2.50. The van der Waals surface area contributed by atoms with Crippen LogP contribution in [0, 0.1) is 0 Å². The molecule has 0 aromatic heterocycles. The van der Waals surface area contributed by atoms with Crippen LogP contribution in [0.3, 0.4) is 0 Å². The number of fused-ring (bicyclic) bond motifs is 6. The molecule has 0 spiro atoms. The third-order valence-corrected chi connectivity index (χ3v) is 7.72. The van der Waals surface area contributed by atoms with Crippen molar-refractivity contribution >= 4 is 17.8 Å². The van der Waals surface area contributed by atoms with Gasteiger partial charge in [0.2, 0.25) is 5.79 Å². The standard InChI is InChI=1S/C32H30O7/c33-24-17-26(21-10-5-2-6-11-21)37-31-29-22-16-23(12-7-13-28(35)36)38-32(19-22,15-14-20-8-3-1-4-9-20)39-27(29)18-25(34)30(24)31/h1-6,8-11,14-15,18,22-23,26,34H,7,12-13,16-17,19H2,(H,35,36)/b15-14+/t22-,23-,26+,32-/m1/s1. The fourth-order valence-electron chi connectivity index (χ4n) is 5.99. The Hall–Kier alpha value is -4.10. The molecule has 6 rings (SSSR count). The van der Waals surface area contributed by atoms with Gasteiger partial charge in [-0.15, -0.1) is 0 Å². The molecule has 0 amide bonds. The fourth-order valence-corrected chi connectivity index (χ4v) is 5.99. The van der Waals surface area contributed by atoms with Gasteiger partial charge in [-0.1, -0.05) is 66.7 Å². The number of carboxylic acid groups (broad SMARTS) is 1. The number of carbonyl (C=O) groups excluding carboxylic acids is 1. The normalized spacial score (nSPS) is 25.3. The van der Waals surface area contributed by atoms with Crippen LogP contribution in [-0.4, -0.2) is 33.9 Å². The van der Waals surface area contributed by atoms with E-state index >= 15 is 0 Å². The minimum absolute atomic E-state index is 0.0640. The number of ketones is 1. The molecule has 2 N–H and O–H groups in total. The van der Waals surface area contributed by atoms with Gasteiger partial charge >= 0.3 is 5.97 Å². The van der Waals surface area contributed by atoms with Crippen molar-refractivity contribution in [1.82, 2.24) is 0 Å². The predicted molar refractivity (Wildman–Crippen MR) is 144 cm³/mol. The number of Topliss-reactive ketones (excluding diaryl/α,β-unsaturated/α-hetero) is 1. The zero-order valence-corrected chi connectivity index (χ0v) is 21.4. The summed E-state index contributed by atoms with van der Waals surface area (Å²) in [6, 6.07) is 20.9. The van der Waals surface area contributed by atoms with Crippen LogP contribution in [0.5, 0.6) is 17.2 Å². The highest BCUT2D eigenvalue weighted by Crippen LogP contribution is 2.57. The number of aliphatic carboxylic acids is 1. The number of hydrogen-bond donors (Lipinski definition) is 2. The smallest absolute Gasteiger partial charge is 0.303 e. The number of rotatable bonds is 7. The van der Waals surface area contributed by atoms with Crippen LogP contribution in [0.4, 0.5) is 0 Å². The molecule has 0 aliphatic carbocycles. The number of phenols is 1. The molecule has 3 aliphatic heterocycles. The monoisotopic (exact) mass is 526 g/mol. The Morgan fingerprint density at radius 2 is 1.82 bits per heavy atom. The maximum Gasteiger partial charge on any atom is 0.303 e. The van der Waals surface area contributed by atoms with E-state index in [1.807, 2.05) is 72.8 Å². The number of carboxylic acids is 1. The number of carbonyl (C=O) groups is 2. The van der Waals surface area contributed by atoms with Crippen LogP contribution < -0.4 is 9.47 Å². The second-order valence-electron chi connectivity index (χ2n) is 10.5. The van der Waals surface area contributed by atoms with Crippen LogP contribution in [0.2, 0.25) is 0 Å². The van der Waals surface area contributed by atoms with Crippen LogP contribution >= 0.6 is 0 Å². The lowest BCUT2D eigenvalue weighted by molar-refractivity contribution is -0.220. The zero-order chi connectivity index (χ0) is 27.0. The molecule has 1 saturated heterocycles. The molecule has 3 aromatic carbocycles. The van der Waals surface area contributed by atoms with Crippen LogP contribution in [0.15, 0.2) is 72.8 Å².